The molecule has 0 aromatic heterocycles. The fourth-order valence-corrected chi connectivity index (χ4v) is 2.86. The molecule has 0 radical (unpaired) electrons. The minimum atomic E-state index is -0.492. The van der Waals surface area contributed by atoms with Crippen LogP contribution in [0.2, 0.25) is 0 Å². The zero-order chi connectivity index (χ0) is 12.7. The van der Waals surface area contributed by atoms with Gasteiger partial charge in [0.15, 0.2) is 0 Å². The summed E-state index contributed by atoms with van der Waals surface area (Å²) in [4.78, 5) is 0. The summed E-state index contributed by atoms with van der Waals surface area (Å²) in [6.45, 7) is 2.24. The molecule has 1 rings (SSSR count). The minimum Gasteiger partial charge on any atom is -0.390 e. The van der Waals surface area contributed by atoms with Gasteiger partial charge in [0.1, 0.15) is 0 Å². The fourth-order valence-electron chi connectivity index (χ4n) is 2.86. The Morgan fingerprint density at radius 3 is 2.35 bits per heavy atom. The molecule has 5 N–H and O–H groups in total. The lowest BCUT2D eigenvalue weighted by Crippen LogP contribution is -2.54. The normalized spacial score (nSPS) is 33.9. The largest absolute Gasteiger partial charge is 0.390 e. The van der Waals surface area contributed by atoms with Gasteiger partial charge in [0.25, 0.3) is 0 Å². The zero-order valence-electron chi connectivity index (χ0n) is 11.3. The van der Waals surface area contributed by atoms with Crippen LogP contribution in [-0.2, 0) is 0 Å². The third-order valence-corrected chi connectivity index (χ3v) is 4.18. The quantitative estimate of drug-likeness (QED) is 0.599. The van der Waals surface area contributed by atoms with Gasteiger partial charge < -0.3 is 16.6 Å². The summed E-state index contributed by atoms with van der Waals surface area (Å²) in [5.41, 5.74) is 11.9. The van der Waals surface area contributed by atoms with Crippen LogP contribution in [0.5, 0.6) is 0 Å². The van der Waals surface area contributed by atoms with Crippen LogP contribution in [0.25, 0.3) is 0 Å². The summed E-state index contributed by atoms with van der Waals surface area (Å²) in [6, 6.07) is -0.208. The van der Waals surface area contributed by atoms with E-state index in [4.69, 9.17) is 11.5 Å². The second-order valence-corrected chi connectivity index (χ2v) is 5.63. The number of aliphatic hydroxyl groups excluding tert-OH is 1. The van der Waals surface area contributed by atoms with Crippen LogP contribution in [0.3, 0.4) is 0 Å². The van der Waals surface area contributed by atoms with Gasteiger partial charge in [-0.05, 0) is 25.2 Å². The zero-order valence-corrected chi connectivity index (χ0v) is 11.3. The maximum absolute atomic E-state index is 9.84. The van der Waals surface area contributed by atoms with Crippen molar-refractivity contribution < 1.29 is 5.11 Å². The Labute approximate surface area is 106 Å². The Morgan fingerprint density at radius 1 is 1.00 bits per heavy atom. The van der Waals surface area contributed by atoms with E-state index in [1.807, 2.05) is 0 Å². The average molecular weight is 242 g/mol. The van der Waals surface area contributed by atoms with Crippen LogP contribution >= 0.6 is 0 Å². The highest BCUT2D eigenvalue weighted by Gasteiger charge is 2.33. The molecule has 1 aliphatic carbocycles. The van der Waals surface area contributed by atoms with Crippen molar-refractivity contribution in [3.63, 3.8) is 0 Å². The van der Waals surface area contributed by atoms with Gasteiger partial charge >= 0.3 is 0 Å². The molecule has 0 spiro atoms. The van der Waals surface area contributed by atoms with Crippen LogP contribution in [0.4, 0.5) is 0 Å². The molecule has 1 aliphatic rings. The molecule has 0 aromatic rings. The van der Waals surface area contributed by atoms with E-state index in [2.05, 4.69) is 6.92 Å². The molecule has 0 heterocycles. The third-order valence-electron chi connectivity index (χ3n) is 4.18. The van der Waals surface area contributed by atoms with Gasteiger partial charge in [-0.1, -0.05) is 45.4 Å². The Hall–Kier alpha value is -0.120. The van der Waals surface area contributed by atoms with Crippen LogP contribution in [0.1, 0.15) is 64.7 Å². The number of hydrogen-bond acceptors (Lipinski definition) is 3. The molecule has 0 aliphatic heterocycles. The molecular weight excluding hydrogens is 212 g/mol. The number of unbranched alkanes of at least 4 members (excludes halogenated alkanes) is 5. The van der Waals surface area contributed by atoms with E-state index in [1.54, 1.807) is 0 Å². The second-order valence-electron chi connectivity index (χ2n) is 5.63. The van der Waals surface area contributed by atoms with Gasteiger partial charge in [-0.2, -0.15) is 0 Å². The molecule has 4 unspecified atom stereocenters. The van der Waals surface area contributed by atoms with E-state index < -0.39 is 6.10 Å². The molecule has 0 saturated heterocycles. The Morgan fingerprint density at radius 2 is 1.65 bits per heavy atom. The maximum Gasteiger partial charge on any atom is 0.0844 e. The Balaban J connectivity index is 2.10. The number of aliphatic hydroxyl groups is 1. The minimum absolute atomic E-state index is 0.102. The molecule has 0 amide bonds. The van der Waals surface area contributed by atoms with Gasteiger partial charge in [-0.15, -0.1) is 0 Å². The van der Waals surface area contributed by atoms with E-state index in [-0.39, 0.29) is 12.1 Å². The molecule has 3 nitrogen and oxygen atoms in total. The lowest BCUT2D eigenvalue weighted by atomic mass is 9.78. The van der Waals surface area contributed by atoms with Crippen LogP contribution in [0, 0.1) is 5.92 Å². The Kier molecular flexibility index (Phi) is 7.09. The average Bonchev–Trinajstić information content (AvgIpc) is 2.33. The van der Waals surface area contributed by atoms with E-state index in [9.17, 15) is 5.11 Å². The second kappa shape index (κ2) is 8.06. The summed E-state index contributed by atoms with van der Waals surface area (Å²) in [5.74, 6) is 0.482. The standard InChI is InChI=1S/C14H30N2O/c1-2-3-4-5-6-7-8-11-9-10-12(15)14(17)13(11)16/h11-14,17H,2-10,15-16H2,1H3. The van der Waals surface area contributed by atoms with Crippen molar-refractivity contribution in [3.05, 3.63) is 0 Å². The lowest BCUT2D eigenvalue weighted by molar-refractivity contribution is 0.0542. The van der Waals surface area contributed by atoms with Crippen molar-refractivity contribution in [2.75, 3.05) is 0 Å². The number of hydrogen-bond donors (Lipinski definition) is 3. The number of rotatable bonds is 7. The van der Waals surface area contributed by atoms with Crippen molar-refractivity contribution >= 4 is 0 Å². The predicted molar refractivity (Wildman–Crippen MR) is 72.7 cm³/mol. The highest BCUT2D eigenvalue weighted by molar-refractivity contribution is 4.91. The van der Waals surface area contributed by atoms with E-state index in [0.717, 1.165) is 19.3 Å². The highest BCUT2D eigenvalue weighted by atomic mass is 16.3. The van der Waals surface area contributed by atoms with Crippen molar-refractivity contribution in [1.82, 2.24) is 0 Å². The molecule has 17 heavy (non-hydrogen) atoms. The lowest BCUT2D eigenvalue weighted by Gasteiger charge is -2.36. The third kappa shape index (κ3) is 4.94. The maximum atomic E-state index is 9.84. The summed E-state index contributed by atoms with van der Waals surface area (Å²) in [7, 11) is 0. The first-order valence-corrected chi connectivity index (χ1v) is 7.36. The molecule has 102 valence electrons. The number of nitrogens with two attached hydrogens (primary N) is 2. The van der Waals surface area contributed by atoms with E-state index in [0.29, 0.717) is 5.92 Å². The SMILES string of the molecule is CCCCCCCCC1CCC(N)C(O)C1N. The van der Waals surface area contributed by atoms with Crippen molar-refractivity contribution in [2.45, 2.75) is 82.9 Å². The molecule has 0 aromatic carbocycles. The topological polar surface area (TPSA) is 72.3 Å². The van der Waals surface area contributed by atoms with Gasteiger partial charge in [0.2, 0.25) is 0 Å². The molecule has 4 atom stereocenters. The van der Waals surface area contributed by atoms with Crippen LogP contribution in [0.15, 0.2) is 0 Å². The summed E-state index contributed by atoms with van der Waals surface area (Å²) >= 11 is 0. The highest BCUT2D eigenvalue weighted by Crippen LogP contribution is 2.27. The van der Waals surface area contributed by atoms with Crippen LogP contribution < -0.4 is 11.5 Å². The summed E-state index contributed by atoms with van der Waals surface area (Å²) < 4.78 is 0. The van der Waals surface area contributed by atoms with E-state index in [1.165, 1.54) is 38.5 Å². The van der Waals surface area contributed by atoms with Gasteiger partial charge in [0, 0.05) is 12.1 Å². The van der Waals surface area contributed by atoms with Crippen molar-refractivity contribution in [1.29, 1.82) is 0 Å². The Bertz CT molecular complexity index is 199. The van der Waals surface area contributed by atoms with Crippen molar-refractivity contribution in [3.8, 4) is 0 Å². The summed E-state index contributed by atoms with van der Waals surface area (Å²) in [6.07, 6.45) is 10.6. The molecule has 0 bridgehead atoms. The summed E-state index contributed by atoms with van der Waals surface area (Å²) in [5, 5.41) is 9.84. The predicted octanol–water partition coefficient (Wildman–Crippen LogP) is 2.16. The molecule has 3 heteroatoms. The smallest absolute Gasteiger partial charge is 0.0844 e. The molecular formula is C14H30N2O. The molecule has 1 saturated carbocycles. The van der Waals surface area contributed by atoms with Gasteiger partial charge in [0.05, 0.1) is 6.10 Å². The first-order chi connectivity index (χ1) is 8.16. The fraction of sp³-hybridized carbons (Fsp3) is 1.00. The van der Waals surface area contributed by atoms with Crippen LogP contribution in [-0.4, -0.2) is 23.3 Å². The molecule has 1 fully saturated rings. The van der Waals surface area contributed by atoms with Gasteiger partial charge in [-0.3, -0.25) is 0 Å². The van der Waals surface area contributed by atoms with E-state index >= 15 is 0 Å². The first kappa shape index (κ1) is 14.9. The van der Waals surface area contributed by atoms with Crippen molar-refractivity contribution in [2.24, 2.45) is 17.4 Å². The van der Waals surface area contributed by atoms with Gasteiger partial charge in [-0.25, -0.2) is 0 Å². The first-order valence-electron chi connectivity index (χ1n) is 7.36. The monoisotopic (exact) mass is 242 g/mol.